The van der Waals surface area contributed by atoms with Crippen LogP contribution in [-0.4, -0.2) is 0 Å². The van der Waals surface area contributed by atoms with E-state index in [4.69, 9.17) is 4.42 Å². The van der Waals surface area contributed by atoms with Gasteiger partial charge in [-0.05, 0) is 104 Å². The molecular weight excluding hydrogens is 759 g/mol. The smallest absolute Gasteiger partial charge is 0.143 e. The van der Waals surface area contributed by atoms with Crippen molar-refractivity contribution in [2.45, 2.75) is 0 Å². The number of anilines is 3. The fourth-order valence-corrected chi connectivity index (χ4v) is 10.4. The normalized spacial score (nSPS) is 11.6. The summed E-state index contributed by atoms with van der Waals surface area (Å²) in [6.45, 7) is 0. The molecule has 0 saturated heterocycles. The molecule has 0 aliphatic heterocycles. The van der Waals surface area contributed by atoms with E-state index >= 15 is 0 Å². The zero-order chi connectivity index (χ0) is 40.3. The Labute approximate surface area is 357 Å². The number of hydrogen-bond donors (Lipinski definition) is 0. The van der Waals surface area contributed by atoms with Crippen molar-refractivity contribution in [2.75, 3.05) is 4.90 Å². The van der Waals surface area contributed by atoms with Gasteiger partial charge in [0.2, 0.25) is 0 Å². The number of hydrogen-bond acceptors (Lipinski definition) is 3. The van der Waals surface area contributed by atoms with E-state index in [9.17, 15) is 0 Å². The summed E-state index contributed by atoms with van der Waals surface area (Å²) in [4.78, 5) is 2.36. The number of thiophene rings is 1. The van der Waals surface area contributed by atoms with E-state index in [1.165, 1.54) is 58.8 Å². The maximum atomic E-state index is 6.45. The minimum Gasteiger partial charge on any atom is -0.455 e. The van der Waals surface area contributed by atoms with Gasteiger partial charge in [0.25, 0.3) is 0 Å². The molecule has 12 rings (SSSR count). The first-order valence-corrected chi connectivity index (χ1v) is 21.6. The highest BCUT2D eigenvalue weighted by Gasteiger charge is 2.17. The standard InChI is InChI=1S/C58H37NOS/c1-2-18-47-38(12-1)13-9-21-48(47)39-28-32-44(33-29-39)59(45-34-30-40(31-35-45)49-22-10-24-53-51-19-3-5-26-55(51)60-57(49)53)46-17-8-15-42(37-46)41-14-7-16-43(36-41)50-23-11-25-54-52-20-4-6-27-56(52)61-58(50)54/h1-37H. The van der Waals surface area contributed by atoms with Gasteiger partial charge in [0.1, 0.15) is 11.2 Å². The lowest BCUT2D eigenvalue weighted by Crippen LogP contribution is -2.10. The van der Waals surface area contributed by atoms with Crippen LogP contribution < -0.4 is 4.90 Å². The summed E-state index contributed by atoms with van der Waals surface area (Å²) >= 11 is 1.88. The van der Waals surface area contributed by atoms with Gasteiger partial charge in [-0.2, -0.15) is 0 Å². The number of para-hydroxylation sites is 2. The Kier molecular flexibility index (Phi) is 8.39. The summed E-state index contributed by atoms with van der Waals surface area (Å²) in [5, 5.41) is 7.39. The van der Waals surface area contributed by atoms with Gasteiger partial charge in [0.05, 0.1) is 0 Å². The highest BCUT2D eigenvalue weighted by Crippen LogP contribution is 2.43. The molecule has 2 heterocycles. The van der Waals surface area contributed by atoms with Crippen molar-refractivity contribution in [1.29, 1.82) is 0 Å². The molecule has 0 radical (unpaired) electrons. The predicted octanol–water partition coefficient (Wildman–Crippen LogP) is 17.2. The number of rotatable bonds is 7. The van der Waals surface area contributed by atoms with Gasteiger partial charge in [-0.15, -0.1) is 11.3 Å². The van der Waals surface area contributed by atoms with E-state index in [1.54, 1.807) is 0 Å². The molecule has 0 fully saturated rings. The second kappa shape index (κ2) is 14.5. The Balaban J connectivity index is 0.957. The molecule has 0 amide bonds. The molecule has 2 nitrogen and oxygen atoms in total. The fraction of sp³-hybridized carbons (Fsp3) is 0. The molecule has 10 aromatic carbocycles. The molecule has 0 unspecified atom stereocenters. The van der Waals surface area contributed by atoms with Crippen LogP contribution in [0.25, 0.3) is 97.4 Å². The van der Waals surface area contributed by atoms with Crippen molar-refractivity contribution in [2.24, 2.45) is 0 Å². The number of benzene rings is 10. The molecule has 3 heteroatoms. The first-order valence-electron chi connectivity index (χ1n) is 20.7. The molecule has 0 spiro atoms. The number of furan rings is 1. The topological polar surface area (TPSA) is 16.4 Å². The Bertz CT molecular complexity index is 3590. The summed E-state index contributed by atoms with van der Waals surface area (Å²) in [5.41, 5.74) is 14.5. The first kappa shape index (κ1) is 35.2. The van der Waals surface area contributed by atoms with Crippen LogP contribution >= 0.6 is 11.3 Å². The molecule has 2 aromatic heterocycles. The number of fused-ring (bicyclic) bond motifs is 7. The van der Waals surface area contributed by atoms with Crippen molar-refractivity contribution in [3.05, 3.63) is 224 Å². The quantitative estimate of drug-likeness (QED) is 0.160. The summed E-state index contributed by atoms with van der Waals surface area (Å²) in [5.74, 6) is 0. The van der Waals surface area contributed by atoms with Crippen molar-refractivity contribution >= 4 is 81.3 Å². The Hall–Kier alpha value is -7.72. The highest BCUT2D eigenvalue weighted by molar-refractivity contribution is 7.26. The van der Waals surface area contributed by atoms with Gasteiger partial charge in [-0.25, -0.2) is 0 Å². The van der Waals surface area contributed by atoms with Gasteiger partial charge in [-0.3, -0.25) is 0 Å². The van der Waals surface area contributed by atoms with E-state index in [0.717, 1.165) is 55.7 Å². The molecule has 0 N–H and O–H groups in total. The SMILES string of the molecule is c1cc(-c2cccc(N(c3ccc(-c4cccc5ccccc45)cc3)c3ccc(-c4cccc5c4oc4ccccc45)cc3)c2)cc(-c2cccc3c2sc2ccccc23)c1. The van der Waals surface area contributed by atoms with Crippen molar-refractivity contribution in [3.8, 4) is 44.5 Å². The van der Waals surface area contributed by atoms with Gasteiger partial charge in [0.15, 0.2) is 0 Å². The molecule has 61 heavy (non-hydrogen) atoms. The van der Waals surface area contributed by atoms with Gasteiger partial charge < -0.3 is 9.32 Å². The van der Waals surface area contributed by atoms with Crippen molar-refractivity contribution in [1.82, 2.24) is 0 Å². The lowest BCUT2D eigenvalue weighted by atomic mass is 9.97. The van der Waals surface area contributed by atoms with Crippen LogP contribution in [0.15, 0.2) is 229 Å². The van der Waals surface area contributed by atoms with Gasteiger partial charge in [-0.1, -0.05) is 170 Å². The maximum Gasteiger partial charge on any atom is 0.143 e. The van der Waals surface area contributed by atoms with E-state index in [1.807, 2.05) is 23.5 Å². The molecule has 12 aromatic rings. The Morgan fingerprint density at radius 1 is 0.328 bits per heavy atom. The molecular formula is C58H37NOS. The molecule has 0 bridgehead atoms. The molecule has 286 valence electrons. The lowest BCUT2D eigenvalue weighted by molar-refractivity contribution is 0.670. The minimum absolute atomic E-state index is 0.905. The van der Waals surface area contributed by atoms with E-state index in [2.05, 4.69) is 217 Å². The average molecular weight is 796 g/mol. The number of nitrogens with zero attached hydrogens (tertiary/aromatic N) is 1. The van der Waals surface area contributed by atoms with Crippen molar-refractivity contribution in [3.63, 3.8) is 0 Å². The Morgan fingerprint density at radius 2 is 0.885 bits per heavy atom. The molecule has 0 aliphatic rings. The van der Waals surface area contributed by atoms with E-state index < -0.39 is 0 Å². The zero-order valence-corrected chi connectivity index (χ0v) is 33.9. The second-order valence-electron chi connectivity index (χ2n) is 15.6. The van der Waals surface area contributed by atoms with Crippen LogP contribution in [0.4, 0.5) is 17.1 Å². The van der Waals surface area contributed by atoms with Crippen LogP contribution in [0, 0.1) is 0 Å². The van der Waals surface area contributed by atoms with Crippen LogP contribution in [-0.2, 0) is 0 Å². The zero-order valence-electron chi connectivity index (χ0n) is 33.1. The van der Waals surface area contributed by atoms with E-state index in [0.29, 0.717) is 0 Å². The maximum absolute atomic E-state index is 6.45. The monoisotopic (exact) mass is 795 g/mol. The molecule has 0 saturated carbocycles. The van der Waals surface area contributed by atoms with Gasteiger partial charge in [0, 0.05) is 53.6 Å². The minimum atomic E-state index is 0.905. The average Bonchev–Trinajstić information content (AvgIpc) is 3.91. The van der Waals surface area contributed by atoms with Crippen LogP contribution in [0.2, 0.25) is 0 Å². The third-order valence-electron chi connectivity index (χ3n) is 12.1. The lowest BCUT2D eigenvalue weighted by Gasteiger charge is -2.26. The predicted molar refractivity (Wildman–Crippen MR) is 261 cm³/mol. The van der Waals surface area contributed by atoms with E-state index in [-0.39, 0.29) is 0 Å². The van der Waals surface area contributed by atoms with Crippen LogP contribution in [0.1, 0.15) is 0 Å². The second-order valence-corrected chi connectivity index (χ2v) is 16.7. The summed E-state index contributed by atoms with van der Waals surface area (Å²) in [6, 6.07) is 81.1. The fourth-order valence-electron chi connectivity index (χ4n) is 9.14. The summed E-state index contributed by atoms with van der Waals surface area (Å²) < 4.78 is 9.09. The highest BCUT2D eigenvalue weighted by atomic mass is 32.1. The third kappa shape index (κ3) is 6.09. The third-order valence-corrected chi connectivity index (χ3v) is 13.3. The largest absolute Gasteiger partial charge is 0.455 e. The molecule has 0 atom stereocenters. The van der Waals surface area contributed by atoms with Crippen LogP contribution in [0.3, 0.4) is 0 Å². The first-order chi connectivity index (χ1) is 30.2. The summed E-state index contributed by atoms with van der Waals surface area (Å²) in [6.07, 6.45) is 0. The van der Waals surface area contributed by atoms with Crippen LogP contribution in [0.5, 0.6) is 0 Å². The Morgan fingerprint density at radius 3 is 1.70 bits per heavy atom. The van der Waals surface area contributed by atoms with Crippen molar-refractivity contribution < 1.29 is 4.42 Å². The van der Waals surface area contributed by atoms with Gasteiger partial charge >= 0.3 is 0 Å². The molecule has 0 aliphatic carbocycles. The summed E-state index contributed by atoms with van der Waals surface area (Å²) in [7, 11) is 0.